The van der Waals surface area contributed by atoms with Crippen molar-refractivity contribution in [2.24, 2.45) is 0 Å². The zero-order valence-electron chi connectivity index (χ0n) is 9.04. The number of anilines is 1. The first-order valence-electron chi connectivity index (χ1n) is 4.63. The number of nitrogens with zero attached hydrogens (tertiary/aromatic N) is 2. The van der Waals surface area contributed by atoms with E-state index >= 15 is 0 Å². The van der Waals surface area contributed by atoms with Gasteiger partial charge in [-0.15, -0.1) is 0 Å². The third kappa shape index (κ3) is 2.19. The Hall–Kier alpha value is -1.94. The summed E-state index contributed by atoms with van der Waals surface area (Å²) in [7, 11) is -3.85. The molecule has 2 aromatic rings. The summed E-state index contributed by atoms with van der Waals surface area (Å²) >= 11 is 0.777. The Morgan fingerprint density at radius 2 is 2.28 bits per heavy atom. The first-order chi connectivity index (χ1) is 8.42. The zero-order valence-corrected chi connectivity index (χ0v) is 10.7. The predicted octanol–water partition coefficient (Wildman–Crippen LogP) is 0.674. The van der Waals surface area contributed by atoms with Gasteiger partial charge in [-0.3, -0.25) is 9.82 Å². The van der Waals surface area contributed by atoms with E-state index in [1.165, 1.54) is 13.1 Å². The molecule has 0 aromatic carbocycles. The van der Waals surface area contributed by atoms with E-state index in [0.29, 0.717) is 0 Å². The Balaban J connectivity index is 2.39. The normalized spacial score (nSPS) is 11.4. The number of aromatic carboxylic acids is 1. The van der Waals surface area contributed by atoms with Crippen molar-refractivity contribution < 1.29 is 18.3 Å². The van der Waals surface area contributed by atoms with E-state index in [-0.39, 0.29) is 21.2 Å². The molecule has 0 atom stereocenters. The van der Waals surface area contributed by atoms with Crippen LogP contribution in [0.15, 0.2) is 17.3 Å². The summed E-state index contributed by atoms with van der Waals surface area (Å²) in [6.07, 6.45) is 2.31. The third-order valence-corrected chi connectivity index (χ3v) is 4.39. The Bertz CT molecular complexity index is 674. The molecule has 96 valence electrons. The van der Waals surface area contributed by atoms with Crippen LogP contribution < -0.4 is 4.72 Å². The number of aromatic amines is 1. The lowest BCUT2D eigenvalue weighted by Crippen LogP contribution is -2.13. The quantitative estimate of drug-likeness (QED) is 0.759. The van der Waals surface area contributed by atoms with Gasteiger partial charge in [0.05, 0.1) is 11.9 Å². The van der Waals surface area contributed by atoms with Crippen molar-refractivity contribution in [1.82, 2.24) is 14.6 Å². The molecule has 0 radical (unpaired) electrons. The van der Waals surface area contributed by atoms with Crippen molar-refractivity contribution >= 4 is 32.5 Å². The van der Waals surface area contributed by atoms with Gasteiger partial charge in [-0.25, -0.2) is 13.2 Å². The Labute approximate surface area is 106 Å². The second-order valence-corrected chi connectivity index (χ2v) is 5.77. The number of aromatic nitrogens is 3. The highest BCUT2D eigenvalue weighted by molar-refractivity contribution is 7.93. The number of sulfonamides is 1. The van der Waals surface area contributed by atoms with Gasteiger partial charge in [0.15, 0.2) is 0 Å². The van der Waals surface area contributed by atoms with Gasteiger partial charge < -0.3 is 5.11 Å². The van der Waals surface area contributed by atoms with Crippen molar-refractivity contribution in [3.05, 3.63) is 23.7 Å². The molecule has 0 spiro atoms. The number of carboxylic acids is 1. The molecular weight excluding hydrogens is 280 g/mol. The van der Waals surface area contributed by atoms with E-state index < -0.39 is 16.0 Å². The molecule has 0 aliphatic carbocycles. The van der Waals surface area contributed by atoms with Crippen LogP contribution in [0.3, 0.4) is 0 Å². The molecule has 0 aliphatic rings. The highest BCUT2D eigenvalue weighted by Gasteiger charge is 2.23. The monoisotopic (exact) mass is 288 g/mol. The van der Waals surface area contributed by atoms with Gasteiger partial charge in [-0.05, 0) is 18.5 Å². The van der Waals surface area contributed by atoms with Gasteiger partial charge in [0, 0.05) is 6.20 Å². The van der Waals surface area contributed by atoms with E-state index in [9.17, 15) is 13.2 Å². The highest BCUT2D eigenvalue weighted by Crippen LogP contribution is 2.26. The van der Waals surface area contributed by atoms with Crippen LogP contribution in [-0.2, 0) is 10.0 Å². The fourth-order valence-electron chi connectivity index (χ4n) is 1.26. The van der Waals surface area contributed by atoms with Crippen LogP contribution in [0.25, 0.3) is 0 Å². The van der Waals surface area contributed by atoms with Gasteiger partial charge in [0.2, 0.25) is 0 Å². The molecule has 3 N–H and O–H groups in total. The van der Waals surface area contributed by atoms with Crippen LogP contribution in [0, 0.1) is 6.92 Å². The number of hydrogen-bond acceptors (Lipinski definition) is 6. The van der Waals surface area contributed by atoms with Gasteiger partial charge >= 0.3 is 5.97 Å². The first-order valence-corrected chi connectivity index (χ1v) is 6.88. The molecule has 0 fully saturated rings. The topological polar surface area (TPSA) is 125 Å². The molecule has 0 saturated carbocycles. The average Bonchev–Trinajstić information content (AvgIpc) is 2.87. The van der Waals surface area contributed by atoms with E-state index in [4.69, 9.17) is 5.11 Å². The summed E-state index contributed by atoms with van der Waals surface area (Å²) in [6, 6.07) is 0. The summed E-state index contributed by atoms with van der Waals surface area (Å²) in [5.74, 6) is -1.23. The Kier molecular flexibility index (Phi) is 3.05. The highest BCUT2D eigenvalue weighted by atomic mass is 32.2. The second-order valence-electron chi connectivity index (χ2n) is 3.32. The van der Waals surface area contributed by atoms with E-state index in [1.54, 1.807) is 0 Å². The lowest BCUT2D eigenvalue weighted by atomic mass is 10.2. The summed E-state index contributed by atoms with van der Waals surface area (Å²) in [6.45, 7) is 1.50. The van der Waals surface area contributed by atoms with E-state index in [1.807, 2.05) is 0 Å². The van der Waals surface area contributed by atoms with Crippen molar-refractivity contribution in [3.8, 4) is 0 Å². The lowest BCUT2D eigenvalue weighted by Gasteiger charge is -2.04. The Morgan fingerprint density at radius 1 is 1.56 bits per heavy atom. The van der Waals surface area contributed by atoms with E-state index in [2.05, 4.69) is 19.3 Å². The van der Waals surface area contributed by atoms with Crippen LogP contribution in [0.4, 0.5) is 5.00 Å². The molecule has 0 aliphatic heterocycles. The minimum Gasteiger partial charge on any atom is -0.478 e. The average molecular weight is 288 g/mol. The van der Waals surface area contributed by atoms with Crippen molar-refractivity contribution in [2.45, 2.75) is 11.8 Å². The molecule has 2 aromatic heterocycles. The maximum atomic E-state index is 11.9. The van der Waals surface area contributed by atoms with Crippen LogP contribution in [0.1, 0.15) is 16.1 Å². The molecule has 2 heterocycles. The van der Waals surface area contributed by atoms with Crippen LogP contribution in [0.5, 0.6) is 0 Å². The summed E-state index contributed by atoms with van der Waals surface area (Å²) in [5, 5.41) is 14.8. The lowest BCUT2D eigenvalue weighted by molar-refractivity contribution is 0.0697. The molecule has 0 saturated heterocycles. The fraction of sp³-hybridized carbons (Fsp3) is 0.125. The molecule has 10 heteroatoms. The number of carboxylic acid groups (broad SMARTS) is 1. The number of carbonyl (C=O) groups is 1. The van der Waals surface area contributed by atoms with Crippen molar-refractivity contribution in [2.75, 3.05) is 4.72 Å². The molecular formula is C8H8N4O4S2. The Morgan fingerprint density at radius 3 is 2.83 bits per heavy atom. The molecule has 18 heavy (non-hydrogen) atoms. The van der Waals surface area contributed by atoms with Gasteiger partial charge in [-0.1, -0.05) is 0 Å². The zero-order chi connectivity index (χ0) is 13.3. The number of hydrogen-bond donors (Lipinski definition) is 3. The maximum absolute atomic E-state index is 11.9. The standard InChI is InChI=1S/C8H8N4O4S2/c1-4-6(8(13)14)7(17-11-4)12-18(15,16)5-2-9-10-3-5/h2-3,12H,1H3,(H,9,10)(H,13,14). The summed E-state index contributed by atoms with van der Waals surface area (Å²) in [5.41, 5.74) is 0.115. The second kappa shape index (κ2) is 4.38. The van der Waals surface area contributed by atoms with Crippen LogP contribution >= 0.6 is 11.5 Å². The van der Waals surface area contributed by atoms with E-state index in [0.717, 1.165) is 17.7 Å². The molecule has 0 bridgehead atoms. The van der Waals surface area contributed by atoms with Crippen molar-refractivity contribution in [3.63, 3.8) is 0 Å². The molecule has 8 nitrogen and oxygen atoms in total. The van der Waals surface area contributed by atoms with Gasteiger partial charge in [0.25, 0.3) is 10.0 Å². The fourth-order valence-corrected chi connectivity index (χ4v) is 3.25. The number of aryl methyl sites for hydroxylation is 1. The van der Waals surface area contributed by atoms with Gasteiger partial charge in [-0.2, -0.15) is 9.47 Å². The minimum atomic E-state index is -3.85. The summed E-state index contributed by atoms with van der Waals surface area (Å²) in [4.78, 5) is 10.9. The number of nitrogens with one attached hydrogen (secondary N) is 2. The van der Waals surface area contributed by atoms with Crippen LogP contribution in [-0.4, -0.2) is 34.1 Å². The summed E-state index contributed by atoms with van der Waals surface area (Å²) < 4.78 is 29.7. The molecule has 2 rings (SSSR count). The predicted molar refractivity (Wildman–Crippen MR) is 63.2 cm³/mol. The number of rotatable bonds is 4. The number of H-pyrrole nitrogens is 1. The molecule has 0 amide bonds. The third-order valence-electron chi connectivity index (χ3n) is 2.09. The maximum Gasteiger partial charge on any atom is 0.340 e. The largest absolute Gasteiger partial charge is 0.478 e. The minimum absolute atomic E-state index is 0.0267. The van der Waals surface area contributed by atoms with Crippen LogP contribution in [0.2, 0.25) is 0 Å². The van der Waals surface area contributed by atoms with Crippen molar-refractivity contribution in [1.29, 1.82) is 0 Å². The van der Waals surface area contributed by atoms with Gasteiger partial charge in [0.1, 0.15) is 15.5 Å². The molecule has 0 unspecified atom stereocenters. The first kappa shape index (κ1) is 12.5. The SMILES string of the molecule is Cc1nsc(NS(=O)(=O)c2cn[nH]c2)c1C(=O)O. The smallest absolute Gasteiger partial charge is 0.340 e.